The molecule has 0 aliphatic carbocycles. The second-order valence-electron chi connectivity index (χ2n) is 8.60. The highest BCUT2D eigenvalue weighted by Gasteiger charge is 2.41. The molecule has 1 amide bonds. The van der Waals surface area contributed by atoms with Gasteiger partial charge in [-0.15, -0.1) is 0 Å². The van der Waals surface area contributed by atoms with E-state index in [2.05, 4.69) is 20.2 Å². The number of halogens is 1. The van der Waals surface area contributed by atoms with E-state index in [1.807, 2.05) is 65.7 Å². The predicted octanol–water partition coefficient (Wildman–Crippen LogP) is 5.02. The van der Waals surface area contributed by atoms with Crippen LogP contribution in [0, 0.1) is 5.82 Å². The summed E-state index contributed by atoms with van der Waals surface area (Å²) in [6, 6.07) is 23.2. The summed E-state index contributed by atoms with van der Waals surface area (Å²) in [6.45, 7) is 0.337. The first-order valence-electron chi connectivity index (χ1n) is 11.9. The minimum Gasteiger partial charge on any atom is -0.497 e. The molecule has 9 heteroatoms. The van der Waals surface area contributed by atoms with Gasteiger partial charge in [-0.2, -0.15) is 0 Å². The largest absolute Gasteiger partial charge is 0.497 e. The Morgan fingerprint density at radius 3 is 2.73 bits per heavy atom. The fraction of sp³-hybridized carbons (Fsp3) is 0.179. The molecule has 0 radical (unpaired) electrons. The van der Waals surface area contributed by atoms with Crippen molar-refractivity contribution in [2.75, 3.05) is 19.0 Å². The monoisotopic (exact) mass is 515 g/mol. The topological polar surface area (TPSA) is 71.4 Å². The van der Waals surface area contributed by atoms with Crippen LogP contribution in [0.4, 0.5) is 10.1 Å². The number of pyridine rings is 1. The summed E-state index contributed by atoms with van der Waals surface area (Å²) in [4.78, 5) is 19.3. The van der Waals surface area contributed by atoms with Crippen molar-refractivity contribution in [1.29, 1.82) is 0 Å². The zero-order chi connectivity index (χ0) is 25.8. The van der Waals surface area contributed by atoms with Gasteiger partial charge >= 0.3 is 0 Å². The summed E-state index contributed by atoms with van der Waals surface area (Å²) in [7, 11) is 1.64. The SMILES string of the molecule is COc1cccc(-n2cccc2[C@@H]2[C@@H](c3ccccn3)NC(=S)N2CCC(=O)Nc2ccccc2F)c1. The lowest BCUT2D eigenvalue weighted by molar-refractivity contribution is -0.116. The number of aromatic nitrogens is 2. The lowest BCUT2D eigenvalue weighted by Crippen LogP contribution is -2.33. The number of hydrogen-bond donors (Lipinski definition) is 2. The Morgan fingerprint density at radius 2 is 1.95 bits per heavy atom. The number of ether oxygens (including phenoxy) is 1. The molecule has 4 aromatic rings. The molecule has 0 spiro atoms. The average Bonchev–Trinajstić information content (AvgIpc) is 3.53. The van der Waals surface area contributed by atoms with Crippen molar-refractivity contribution >= 4 is 28.9 Å². The van der Waals surface area contributed by atoms with Gasteiger partial charge in [-0.3, -0.25) is 9.78 Å². The van der Waals surface area contributed by atoms with Gasteiger partial charge < -0.3 is 24.8 Å². The number of rotatable bonds is 8. The third kappa shape index (κ3) is 5.17. The molecule has 2 N–H and O–H groups in total. The molecule has 2 aromatic carbocycles. The number of thiocarbonyl (C=S) groups is 1. The molecular weight excluding hydrogens is 489 g/mol. The molecule has 2 aromatic heterocycles. The van der Waals surface area contributed by atoms with E-state index in [9.17, 15) is 9.18 Å². The molecule has 3 heterocycles. The van der Waals surface area contributed by atoms with Gasteiger partial charge in [-0.25, -0.2) is 4.39 Å². The van der Waals surface area contributed by atoms with Crippen LogP contribution in [0.25, 0.3) is 5.69 Å². The summed E-state index contributed by atoms with van der Waals surface area (Å²) in [5.41, 5.74) is 2.91. The molecule has 1 aliphatic heterocycles. The fourth-order valence-corrected chi connectivity index (χ4v) is 4.93. The van der Waals surface area contributed by atoms with Gasteiger partial charge in [-0.05, 0) is 60.7 Å². The third-order valence-corrected chi connectivity index (χ3v) is 6.69. The number of nitrogens with zero attached hydrogens (tertiary/aromatic N) is 3. The van der Waals surface area contributed by atoms with Crippen molar-refractivity contribution in [3.8, 4) is 11.4 Å². The van der Waals surface area contributed by atoms with Crippen LogP contribution in [-0.4, -0.2) is 39.1 Å². The van der Waals surface area contributed by atoms with E-state index in [1.165, 1.54) is 12.1 Å². The Balaban J connectivity index is 1.45. The first kappa shape index (κ1) is 24.5. The first-order valence-corrected chi connectivity index (χ1v) is 12.3. The maximum Gasteiger partial charge on any atom is 0.226 e. The van der Waals surface area contributed by atoms with E-state index in [0.29, 0.717) is 11.7 Å². The summed E-state index contributed by atoms with van der Waals surface area (Å²) in [5.74, 6) is -0.0188. The molecule has 2 atom stereocenters. The number of anilines is 1. The molecule has 0 bridgehead atoms. The Bertz CT molecular complexity index is 1410. The Labute approximate surface area is 219 Å². The zero-order valence-corrected chi connectivity index (χ0v) is 21.0. The highest BCUT2D eigenvalue weighted by atomic mass is 32.1. The maximum absolute atomic E-state index is 14.0. The van der Waals surface area contributed by atoms with Gasteiger partial charge in [-0.1, -0.05) is 24.3 Å². The highest BCUT2D eigenvalue weighted by molar-refractivity contribution is 7.80. The van der Waals surface area contributed by atoms with E-state index in [1.54, 1.807) is 25.4 Å². The van der Waals surface area contributed by atoms with Crippen LogP contribution in [0.3, 0.4) is 0 Å². The molecule has 37 heavy (non-hydrogen) atoms. The van der Waals surface area contributed by atoms with Crippen LogP contribution >= 0.6 is 12.2 Å². The number of amides is 1. The van der Waals surface area contributed by atoms with Crippen LogP contribution in [0.5, 0.6) is 5.75 Å². The maximum atomic E-state index is 14.0. The third-order valence-electron chi connectivity index (χ3n) is 6.34. The van der Waals surface area contributed by atoms with E-state index in [-0.39, 0.29) is 30.1 Å². The van der Waals surface area contributed by atoms with Crippen LogP contribution in [0.1, 0.15) is 29.9 Å². The smallest absolute Gasteiger partial charge is 0.226 e. The van der Waals surface area contributed by atoms with Gasteiger partial charge in [0.2, 0.25) is 5.91 Å². The van der Waals surface area contributed by atoms with Crippen LogP contribution in [0.2, 0.25) is 0 Å². The van der Waals surface area contributed by atoms with Crippen molar-refractivity contribution in [1.82, 2.24) is 19.8 Å². The molecule has 1 fully saturated rings. The summed E-state index contributed by atoms with van der Waals surface area (Å²) >= 11 is 5.74. The number of carbonyl (C=O) groups excluding carboxylic acids is 1. The van der Waals surface area contributed by atoms with Crippen LogP contribution in [-0.2, 0) is 4.79 Å². The molecule has 0 saturated carbocycles. The van der Waals surface area contributed by atoms with E-state index in [4.69, 9.17) is 17.0 Å². The fourth-order valence-electron chi connectivity index (χ4n) is 4.60. The van der Waals surface area contributed by atoms with E-state index < -0.39 is 5.82 Å². The quantitative estimate of drug-likeness (QED) is 0.321. The standard InChI is InChI=1S/C28H26FN5O2S/c1-36-20-9-6-8-19(18-20)33-16-7-13-24(33)27-26(23-12-4-5-15-30-23)32-28(37)34(27)17-14-25(35)31-22-11-3-2-10-21(22)29/h2-13,15-16,18,26-27H,14,17H2,1H3,(H,31,35)(H,32,37)/t26-,27-/m1/s1. The van der Waals surface area contributed by atoms with Crippen molar-refractivity contribution in [2.45, 2.75) is 18.5 Å². The van der Waals surface area contributed by atoms with Gasteiger partial charge in [0, 0.05) is 42.8 Å². The van der Waals surface area contributed by atoms with Gasteiger partial charge in [0.05, 0.1) is 30.6 Å². The molecular formula is C28H26FN5O2S. The van der Waals surface area contributed by atoms with E-state index in [0.717, 1.165) is 22.8 Å². The molecule has 1 aliphatic rings. The Morgan fingerprint density at radius 1 is 1.11 bits per heavy atom. The number of benzene rings is 2. The number of para-hydroxylation sites is 1. The van der Waals surface area contributed by atoms with Crippen LogP contribution in [0.15, 0.2) is 91.3 Å². The Hall–Kier alpha value is -4.24. The minimum absolute atomic E-state index is 0.126. The number of hydrogen-bond acceptors (Lipinski definition) is 4. The van der Waals surface area contributed by atoms with Gasteiger partial charge in [0.15, 0.2) is 5.11 Å². The summed E-state index contributed by atoms with van der Waals surface area (Å²) < 4.78 is 21.5. The van der Waals surface area contributed by atoms with E-state index >= 15 is 0 Å². The normalized spacial score (nSPS) is 16.9. The van der Waals surface area contributed by atoms with Gasteiger partial charge in [0.25, 0.3) is 0 Å². The summed E-state index contributed by atoms with van der Waals surface area (Å²) in [6.07, 6.45) is 3.87. The second-order valence-corrected chi connectivity index (χ2v) is 8.99. The molecule has 188 valence electrons. The molecule has 0 unspecified atom stereocenters. The number of carbonyl (C=O) groups is 1. The zero-order valence-electron chi connectivity index (χ0n) is 20.2. The van der Waals surface area contributed by atoms with Crippen molar-refractivity contribution < 1.29 is 13.9 Å². The van der Waals surface area contributed by atoms with Crippen molar-refractivity contribution in [3.05, 3.63) is 108 Å². The number of nitrogens with one attached hydrogen (secondary N) is 2. The van der Waals surface area contributed by atoms with Gasteiger partial charge in [0.1, 0.15) is 11.6 Å². The minimum atomic E-state index is -0.474. The van der Waals surface area contributed by atoms with Crippen molar-refractivity contribution in [3.63, 3.8) is 0 Å². The number of methoxy groups -OCH3 is 1. The highest BCUT2D eigenvalue weighted by Crippen LogP contribution is 2.39. The Kier molecular flexibility index (Phi) is 7.14. The lowest BCUT2D eigenvalue weighted by atomic mass is 10.0. The summed E-state index contributed by atoms with van der Waals surface area (Å²) in [5, 5.41) is 6.59. The molecule has 7 nitrogen and oxygen atoms in total. The second kappa shape index (κ2) is 10.8. The van der Waals surface area contributed by atoms with Crippen molar-refractivity contribution in [2.24, 2.45) is 0 Å². The predicted molar refractivity (Wildman–Crippen MR) is 144 cm³/mol. The average molecular weight is 516 g/mol. The molecule has 1 saturated heterocycles. The lowest BCUT2D eigenvalue weighted by Gasteiger charge is -2.29. The molecule has 5 rings (SSSR count). The first-order chi connectivity index (χ1) is 18.0. The van der Waals surface area contributed by atoms with Crippen LogP contribution < -0.4 is 15.4 Å².